The van der Waals surface area contributed by atoms with Gasteiger partial charge in [0.25, 0.3) is 0 Å². The molecule has 3 nitrogen and oxygen atoms in total. The zero-order chi connectivity index (χ0) is 10.2. The summed E-state index contributed by atoms with van der Waals surface area (Å²) in [6.07, 6.45) is 1.06. The van der Waals surface area contributed by atoms with Crippen molar-refractivity contribution in [1.82, 2.24) is 0 Å². The van der Waals surface area contributed by atoms with Crippen LogP contribution < -0.4 is 5.73 Å². The van der Waals surface area contributed by atoms with Gasteiger partial charge in [-0.15, -0.1) is 0 Å². The molecular formula is C11H15NO2. The molecule has 0 saturated carbocycles. The first-order chi connectivity index (χ1) is 6.83. The van der Waals surface area contributed by atoms with E-state index in [2.05, 4.69) is 0 Å². The highest BCUT2D eigenvalue weighted by Crippen LogP contribution is 1.99. The normalized spacial score (nSPS) is 9.79. The summed E-state index contributed by atoms with van der Waals surface area (Å²) < 4.78 is 4.97. The third kappa shape index (κ3) is 4.05. The van der Waals surface area contributed by atoms with Crippen LogP contribution in [0.5, 0.6) is 0 Å². The summed E-state index contributed by atoms with van der Waals surface area (Å²) in [6.45, 7) is 0.785. The van der Waals surface area contributed by atoms with Crippen molar-refractivity contribution in [3.05, 3.63) is 35.9 Å². The molecule has 0 bridgehead atoms. The van der Waals surface area contributed by atoms with Crippen LogP contribution in [0.15, 0.2) is 30.3 Å². The van der Waals surface area contributed by atoms with Crippen LogP contribution in [-0.4, -0.2) is 19.1 Å². The van der Waals surface area contributed by atoms with E-state index in [0.29, 0.717) is 19.6 Å². The van der Waals surface area contributed by atoms with Gasteiger partial charge >= 0.3 is 5.97 Å². The molecule has 1 aromatic carbocycles. The van der Waals surface area contributed by atoms with Crippen LogP contribution in [0, 0.1) is 0 Å². The van der Waals surface area contributed by atoms with E-state index in [-0.39, 0.29) is 5.97 Å². The van der Waals surface area contributed by atoms with E-state index in [9.17, 15) is 4.79 Å². The van der Waals surface area contributed by atoms with Gasteiger partial charge in [0.15, 0.2) is 0 Å². The molecule has 0 aliphatic carbocycles. The van der Waals surface area contributed by atoms with E-state index in [1.165, 1.54) is 5.56 Å². The molecule has 0 aromatic heterocycles. The van der Waals surface area contributed by atoms with Crippen LogP contribution in [-0.2, 0) is 16.0 Å². The maximum absolute atomic E-state index is 10.9. The molecule has 0 aliphatic heterocycles. The Balaban J connectivity index is 2.19. The minimum atomic E-state index is -0.219. The van der Waals surface area contributed by atoms with Crippen LogP contribution in [0.2, 0.25) is 0 Å². The SMILES string of the molecule is NCCC(=O)OCCc1ccccc1. The van der Waals surface area contributed by atoms with Gasteiger partial charge in [-0.25, -0.2) is 0 Å². The molecule has 0 spiro atoms. The van der Waals surface area contributed by atoms with Crippen molar-refractivity contribution < 1.29 is 9.53 Å². The standard InChI is InChI=1S/C11H15NO2/c12-8-6-11(13)14-9-7-10-4-2-1-3-5-10/h1-5H,6-9,12H2. The van der Waals surface area contributed by atoms with Crippen molar-refractivity contribution in [2.24, 2.45) is 5.73 Å². The lowest BCUT2D eigenvalue weighted by Crippen LogP contribution is -2.12. The number of carbonyl (C=O) groups excluding carboxylic acids is 1. The van der Waals surface area contributed by atoms with Gasteiger partial charge in [0.1, 0.15) is 0 Å². The molecule has 0 fully saturated rings. The van der Waals surface area contributed by atoms with Crippen LogP contribution in [0.4, 0.5) is 0 Å². The summed E-state index contributed by atoms with van der Waals surface area (Å²) in [5.74, 6) is -0.219. The molecule has 14 heavy (non-hydrogen) atoms. The van der Waals surface area contributed by atoms with Crippen molar-refractivity contribution in [2.75, 3.05) is 13.2 Å². The molecule has 3 heteroatoms. The number of esters is 1. The molecule has 0 unspecified atom stereocenters. The summed E-state index contributed by atoms with van der Waals surface area (Å²) in [4.78, 5) is 10.9. The van der Waals surface area contributed by atoms with Gasteiger partial charge in [0.2, 0.25) is 0 Å². The van der Waals surface area contributed by atoms with Gasteiger partial charge in [-0.1, -0.05) is 30.3 Å². The monoisotopic (exact) mass is 193 g/mol. The Morgan fingerprint density at radius 1 is 1.29 bits per heavy atom. The first kappa shape index (κ1) is 10.7. The van der Waals surface area contributed by atoms with Crippen molar-refractivity contribution in [1.29, 1.82) is 0 Å². The van der Waals surface area contributed by atoms with E-state index in [0.717, 1.165) is 6.42 Å². The average Bonchev–Trinajstić information content (AvgIpc) is 2.20. The van der Waals surface area contributed by atoms with Crippen LogP contribution in [0.3, 0.4) is 0 Å². The second-order valence-electron chi connectivity index (χ2n) is 2.99. The lowest BCUT2D eigenvalue weighted by atomic mass is 10.2. The second-order valence-corrected chi connectivity index (χ2v) is 2.99. The molecule has 76 valence electrons. The topological polar surface area (TPSA) is 52.3 Å². The zero-order valence-corrected chi connectivity index (χ0v) is 8.11. The molecule has 2 N–H and O–H groups in total. The van der Waals surface area contributed by atoms with Crippen molar-refractivity contribution in [3.8, 4) is 0 Å². The van der Waals surface area contributed by atoms with E-state index < -0.39 is 0 Å². The number of rotatable bonds is 5. The summed E-state index contributed by atoms with van der Waals surface area (Å²) in [6, 6.07) is 9.92. The Labute approximate surface area is 83.9 Å². The Morgan fingerprint density at radius 3 is 2.64 bits per heavy atom. The van der Waals surface area contributed by atoms with E-state index in [1.54, 1.807) is 0 Å². The predicted octanol–water partition coefficient (Wildman–Crippen LogP) is 1.12. The summed E-state index contributed by atoms with van der Waals surface area (Å²) in [5, 5.41) is 0. The van der Waals surface area contributed by atoms with Crippen LogP contribution in [0.25, 0.3) is 0 Å². The van der Waals surface area contributed by atoms with Crippen molar-refractivity contribution in [3.63, 3.8) is 0 Å². The molecular weight excluding hydrogens is 178 g/mol. The highest BCUT2D eigenvalue weighted by molar-refractivity contribution is 5.69. The average molecular weight is 193 g/mol. The highest BCUT2D eigenvalue weighted by atomic mass is 16.5. The highest BCUT2D eigenvalue weighted by Gasteiger charge is 2.00. The summed E-state index contributed by atoms with van der Waals surface area (Å²) in [7, 11) is 0. The smallest absolute Gasteiger partial charge is 0.307 e. The second kappa shape index (κ2) is 6.16. The Morgan fingerprint density at radius 2 is 2.00 bits per heavy atom. The largest absolute Gasteiger partial charge is 0.465 e. The van der Waals surface area contributed by atoms with Crippen LogP contribution in [0.1, 0.15) is 12.0 Å². The predicted molar refractivity (Wildman–Crippen MR) is 54.8 cm³/mol. The van der Waals surface area contributed by atoms with Gasteiger partial charge in [0, 0.05) is 13.0 Å². The zero-order valence-electron chi connectivity index (χ0n) is 8.11. The molecule has 0 radical (unpaired) electrons. The van der Waals surface area contributed by atoms with Gasteiger partial charge in [-0.3, -0.25) is 4.79 Å². The Kier molecular flexibility index (Phi) is 4.72. The number of ether oxygens (including phenoxy) is 1. The van der Waals surface area contributed by atoms with E-state index >= 15 is 0 Å². The first-order valence-electron chi connectivity index (χ1n) is 4.72. The van der Waals surface area contributed by atoms with Gasteiger partial charge in [0.05, 0.1) is 13.0 Å². The number of carbonyl (C=O) groups is 1. The van der Waals surface area contributed by atoms with Crippen molar-refractivity contribution in [2.45, 2.75) is 12.8 Å². The Bertz CT molecular complexity index is 272. The molecule has 0 amide bonds. The lowest BCUT2D eigenvalue weighted by molar-refractivity contribution is -0.143. The van der Waals surface area contributed by atoms with E-state index in [1.807, 2.05) is 30.3 Å². The summed E-state index contributed by atoms with van der Waals surface area (Å²) in [5.41, 5.74) is 6.39. The number of benzene rings is 1. The number of hydrogen-bond acceptors (Lipinski definition) is 3. The lowest BCUT2D eigenvalue weighted by Gasteiger charge is -2.03. The maximum atomic E-state index is 10.9. The van der Waals surface area contributed by atoms with Crippen LogP contribution >= 0.6 is 0 Å². The van der Waals surface area contributed by atoms with Gasteiger partial charge in [-0.2, -0.15) is 0 Å². The number of nitrogens with two attached hydrogens (primary N) is 1. The molecule has 0 atom stereocenters. The first-order valence-corrected chi connectivity index (χ1v) is 4.72. The molecule has 0 heterocycles. The maximum Gasteiger partial charge on any atom is 0.307 e. The fourth-order valence-corrected chi connectivity index (χ4v) is 1.12. The quantitative estimate of drug-likeness (QED) is 0.713. The molecule has 1 rings (SSSR count). The van der Waals surface area contributed by atoms with Gasteiger partial charge in [-0.05, 0) is 5.56 Å². The molecule has 0 aliphatic rings. The fourth-order valence-electron chi connectivity index (χ4n) is 1.12. The number of hydrogen-bond donors (Lipinski definition) is 1. The Hall–Kier alpha value is -1.35. The summed E-state index contributed by atoms with van der Waals surface area (Å²) >= 11 is 0. The van der Waals surface area contributed by atoms with Gasteiger partial charge < -0.3 is 10.5 Å². The third-order valence-corrected chi connectivity index (χ3v) is 1.85. The molecule has 0 saturated heterocycles. The minimum Gasteiger partial charge on any atom is -0.465 e. The third-order valence-electron chi connectivity index (χ3n) is 1.85. The van der Waals surface area contributed by atoms with Crippen molar-refractivity contribution >= 4 is 5.97 Å². The minimum absolute atomic E-state index is 0.219. The fraction of sp³-hybridized carbons (Fsp3) is 0.364. The van der Waals surface area contributed by atoms with E-state index in [4.69, 9.17) is 10.5 Å². The molecule has 1 aromatic rings.